The first kappa shape index (κ1) is 21.9. The highest BCUT2D eigenvalue weighted by atomic mass is 35.5. The summed E-state index contributed by atoms with van der Waals surface area (Å²) >= 11 is 7.29. The van der Waals surface area contributed by atoms with Gasteiger partial charge in [-0.2, -0.15) is 0 Å². The van der Waals surface area contributed by atoms with E-state index in [4.69, 9.17) is 11.6 Å². The number of anilines is 2. The molecular weight excluding hydrogens is 454 g/mol. The van der Waals surface area contributed by atoms with Crippen molar-refractivity contribution in [3.63, 3.8) is 0 Å². The number of rotatable bonds is 7. The Balaban J connectivity index is 1.48. The van der Waals surface area contributed by atoms with Crippen molar-refractivity contribution in [2.75, 3.05) is 10.0 Å². The molecule has 1 saturated carbocycles. The molecule has 0 saturated heterocycles. The maximum absolute atomic E-state index is 13.1. The molecule has 7 nitrogen and oxygen atoms in total. The van der Waals surface area contributed by atoms with Crippen molar-refractivity contribution in [3.05, 3.63) is 52.4 Å². The van der Waals surface area contributed by atoms with Crippen LogP contribution in [0.1, 0.15) is 37.9 Å². The highest BCUT2D eigenvalue weighted by Gasteiger charge is 2.34. The summed E-state index contributed by atoms with van der Waals surface area (Å²) in [5.41, 5.74) is 2.91. The molecule has 3 aromatic rings. The number of amides is 1. The van der Waals surface area contributed by atoms with Crippen molar-refractivity contribution < 1.29 is 9.00 Å². The minimum Gasteiger partial charge on any atom is -0.325 e. The van der Waals surface area contributed by atoms with Crippen molar-refractivity contribution in [1.29, 1.82) is 0 Å². The lowest BCUT2D eigenvalue weighted by Crippen LogP contribution is -2.35. The molecule has 1 aliphatic rings. The van der Waals surface area contributed by atoms with Crippen molar-refractivity contribution in [1.82, 2.24) is 15.0 Å². The average Bonchev–Trinajstić information content (AvgIpc) is 3.48. The van der Waals surface area contributed by atoms with E-state index >= 15 is 0 Å². The quantitative estimate of drug-likeness (QED) is 0.515. The molecule has 1 atom stereocenters. The fourth-order valence-corrected chi connectivity index (χ4v) is 5.16. The maximum atomic E-state index is 13.1. The molecule has 162 valence electrons. The number of aryl methyl sites for hydroxylation is 1. The van der Waals surface area contributed by atoms with Crippen molar-refractivity contribution in [2.24, 2.45) is 0 Å². The Morgan fingerprint density at radius 1 is 1.26 bits per heavy atom. The van der Waals surface area contributed by atoms with Crippen LogP contribution in [0.2, 0.25) is 5.15 Å². The van der Waals surface area contributed by atoms with Crippen LogP contribution in [0, 0.1) is 6.92 Å². The molecule has 2 heterocycles. The van der Waals surface area contributed by atoms with Crippen LogP contribution in [-0.2, 0) is 21.2 Å². The van der Waals surface area contributed by atoms with E-state index in [1.165, 1.54) is 17.5 Å². The van der Waals surface area contributed by atoms with E-state index < -0.39 is 16.4 Å². The predicted molar refractivity (Wildman–Crippen MR) is 126 cm³/mol. The van der Waals surface area contributed by atoms with E-state index in [1.54, 1.807) is 6.20 Å². The van der Waals surface area contributed by atoms with Crippen LogP contribution in [0.3, 0.4) is 0 Å². The van der Waals surface area contributed by atoms with Gasteiger partial charge in [-0.15, -0.1) is 11.3 Å². The van der Waals surface area contributed by atoms with Gasteiger partial charge in [-0.25, -0.2) is 14.2 Å². The zero-order chi connectivity index (χ0) is 22.2. The number of nitrogens with one attached hydrogen (secondary N) is 2. The van der Waals surface area contributed by atoms with Gasteiger partial charge in [0.2, 0.25) is 5.91 Å². The average molecular weight is 476 g/mol. The SMILES string of the molecule is Cc1cc(-c2cncc(Cl)n2)ccc1NC(=O)C(C)(C)c1csc(NS(=O)C2CC2)n1. The third-order valence-corrected chi connectivity index (χ3v) is 7.64. The molecule has 4 rings (SSSR count). The molecule has 1 amide bonds. The molecule has 1 aliphatic carbocycles. The number of thiazole rings is 1. The van der Waals surface area contributed by atoms with Gasteiger partial charge in [0, 0.05) is 16.6 Å². The van der Waals surface area contributed by atoms with E-state index in [2.05, 4.69) is 25.0 Å². The second-order valence-corrected chi connectivity index (χ2v) is 10.7. The van der Waals surface area contributed by atoms with Crippen LogP contribution in [-0.4, -0.2) is 30.3 Å². The van der Waals surface area contributed by atoms with E-state index in [0.29, 0.717) is 27.4 Å². The molecular formula is C21H22ClN5O2S2. The predicted octanol–water partition coefficient (Wildman–Crippen LogP) is 4.72. The Bertz CT molecular complexity index is 1160. The molecule has 1 fully saturated rings. The maximum Gasteiger partial charge on any atom is 0.236 e. The van der Waals surface area contributed by atoms with E-state index in [-0.39, 0.29) is 11.2 Å². The fourth-order valence-electron chi connectivity index (χ4n) is 2.90. The summed E-state index contributed by atoms with van der Waals surface area (Å²) in [6, 6.07) is 5.64. The first-order chi connectivity index (χ1) is 14.7. The summed E-state index contributed by atoms with van der Waals surface area (Å²) in [5.74, 6) is -0.175. The van der Waals surface area contributed by atoms with Gasteiger partial charge in [-0.05, 0) is 51.3 Å². The van der Waals surface area contributed by atoms with Crippen LogP contribution >= 0.6 is 22.9 Å². The van der Waals surface area contributed by atoms with E-state index in [1.807, 2.05) is 44.4 Å². The monoisotopic (exact) mass is 475 g/mol. The highest BCUT2D eigenvalue weighted by molar-refractivity contribution is 7.87. The topological polar surface area (TPSA) is 96.9 Å². The standard InChI is InChI=1S/C21H22ClN5O2S2/c1-12-8-13(16-9-23-10-18(22)24-16)4-7-15(12)25-19(28)21(2,3)17-11-30-20(26-17)27-31(29)14-5-6-14/h4,7-11,14H,5-6H2,1-3H3,(H,25,28)(H,26,27). The van der Waals surface area contributed by atoms with Gasteiger partial charge >= 0.3 is 0 Å². The molecule has 0 spiro atoms. The van der Waals surface area contributed by atoms with Gasteiger partial charge in [0.05, 0.1) is 34.4 Å². The second-order valence-electron chi connectivity index (χ2n) is 7.97. The highest BCUT2D eigenvalue weighted by Crippen LogP contribution is 2.32. The fraction of sp³-hybridized carbons (Fsp3) is 0.333. The molecule has 2 N–H and O–H groups in total. The Morgan fingerprint density at radius 3 is 2.71 bits per heavy atom. The first-order valence-corrected chi connectivity index (χ1v) is 12.2. The molecule has 0 aliphatic heterocycles. The number of halogens is 1. The molecule has 2 aromatic heterocycles. The van der Waals surface area contributed by atoms with Gasteiger partial charge in [-0.1, -0.05) is 17.7 Å². The molecule has 31 heavy (non-hydrogen) atoms. The number of hydrogen-bond acceptors (Lipinski definition) is 6. The van der Waals surface area contributed by atoms with Crippen molar-refractivity contribution in [3.8, 4) is 11.3 Å². The number of benzene rings is 1. The molecule has 0 radical (unpaired) electrons. The largest absolute Gasteiger partial charge is 0.325 e. The summed E-state index contributed by atoms with van der Waals surface area (Å²) in [4.78, 5) is 25.9. The van der Waals surface area contributed by atoms with E-state index in [0.717, 1.165) is 24.0 Å². The third-order valence-electron chi connectivity index (χ3n) is 5.10. The summed E-state index contributed by atoms with van der Waals surface area (Å²) in [6.07, 6.45) is 5.09. The minimum absolute atomic E-state index is 0.175. The summed E-state index contributed by atoms with van der Waals surface area (Å²) in [6.45, 7) is 5.57. The number of hydrogen-bond donors (Lipinski definition) is 2. The van der Waals surface area contributed by atoms with Gasteiger partial charge < -0.3 is 5.32 Å². The number of aromatic nitrogens is 3. The van der Waals surface area contributed by atoms with Gasteiger partial charge in [0.15, 0.2) is 5.13 Å². The van der Waals surface area contributed by atoms with Crippen molar-refractivity contribution >= 4 is 50.6 Å². The van der Waals surface area contributed by atoms with Crippen LogP contribution in [0.15, 0.2) is 36.0 Å². The Kier molecular flexibility index (Phi) is 6.09. The number of carbonyl (C=O) groups excluding carboxylic acids is 1. The summed E-state index contributed by atoms with van der Waals surface area (Å²) < 4.78 is 15.0. The van der Waals surface area contributed by atoms with Gasteiger partial charge in [0.1, 0.15) is 16.1 Å². The van der Waals surface area contributed by atoms with Gasteiger partial charge in [0.25, 0.3) is 0 Å². The molecule has 1 unspecified atom stereocenters. The van der Waals surface area contributed by atoms with Crippen LogP contribution in [0.5, 0.6) is 0 Å². The number of carbonyl (C=O) groups is 1. The van der Waals surface area contributed by atoms with Crippen LogP contribution in [0.4, 0.5) is 10.8 Å². The van der Waals surface area contributed by atoms with E-state index in [9.17, 15) is 9.00 Å². The summed E-state index contributed by atoms with van der Waals surface area (Å²) in [5, 5.41) is 5.95. The third kappa shape index (κ3) is 4.94. The molecule has 1 aromatic carbocycles. The second kappa shape index (κ2) is 8.64. The Morgan fingerprint density at radius 2 is 2.03 bits per heavy atom. The lowest BCUT2D eigenvalue weighted by molar-refractivity contribution is -0.120. The number of nitrogens with zero attached hydrogens (tertiary/aromatic N) is 3. The zero-order valence-corrected chi connectivity index (χ0v) is 19.7. The van der Waals surface area contributed by atoms with Gasteiger partial charge in [-0.3, -0.25) is 14.5 Å². The van der Waals surface area contributed by atoms with Crippen LogP contribution in [0.25, 0.3) is 11.3 Å². The minimum atomic E-state index is -1.11. The summed E-state index contributed by atoms with van der Waals surface area (Å²) in [7, 11) is -1.11. The molecule has 0 bridgehead atoms. The lowest BCUT2D eigenvalue weighted by atomic mass is 9.88. The molecule has 10 heteroatoms. The van der Waals surface area contributed by atoms with Crippen molar-refractivity contribution in [2.45, 2.75) is 44.3 Å². The lowest BCUT2D eigenvalue weighted by Gasteiger charge is -2.22. The first-order valence-electron chi connectivity index (χ1n) is 9.77. The Hall–Kier alpha value is -2.36. The van der Waals surface area contributed by atoms with Crippen LogP contribution < -0.4 is 10.0 Å². The normalized spacial score (nSPS) is 14.8. The Labute approximate surface area is 192 Å². The smallest absolute Gasteiger partial charge is 0.236 e. The zero-order valence-electron chi connectivity index (χ0n) is 17.3.